The van der Waals surface area contributed by atoms with Crippen molar-refractivity contribution in [3.63, 3.8) is 0 Å². The molecule has 0 N–H and O–H groups in total. The highest BCUT2D eigenvalue weighted by atomic mass is 19.1. The van der Waals surface area contributed by atoms with Crippen molar-refractivity contribution < 1.29 is 4.39 Å². The standard InChI is InChI=1S/C22H27FN2/c1-6-25-21-11-15(2)17(12-20(21)16(3)13-22(25,4)5)14-24-19-9-7-18(23)8-10-19/h7-12,14,16H,6,13H2,1-5H3/t16-/m0/s1. The zero-order valence-electron chi connectivity index (χ0n) is 15.8. The van der Waals surface area contributed by atoms with Crippen molar-refractivity contribution in [1.82, 2.24) is 0 Å². The van der Waals surface area contributed by atoms with Gasteiger partial charge in [0.2, 0.25) is 0 Å². The van der Waals surface area contributed by atoms with Crippen LogP contribution in [0.3, 0.4) is 0 Å². The van der Waals surface area contributed by atoms with E-state index >= 15 is 0 Å². The SMILES string of the molecule is CCN1c2cc(C)c(C=Nc3ccc(F)cc3)cc2[C@@H](C)CC1(C)C. The Hall–Kier alpha value is -2.16. The van der Waals surface area contributed by atoms with Gasteiger partial charge in [-0.25, -0.2) is 4.39 Å². The molecular weight excluding hydrogens is 311 g/mol. The Morgan fingerprint density at radius 2 is 1.92 bits per heavy atom. The summed E-state index contributed by atoms with van der Waals surface area (Å²) < 4.78 is 13.0. The fourth-order valence-electron chi connectivity index (χ4n) is 4.06. The van der Waals surface area contributed by atoms with Crippen LogP contribution in [0.5, 0.6) is 0 Å². The monoisotopic (exact) mass is 338 g/mol. The lowest BCUT2D eigenvalue weighted by molar-refractivity contribution is 0.381. The minimum atomic E-state index is -0.236. The molecule has 0 saturated heterocycles. The number of fused-ring (bicyclic) bond motifs is 1. The lowest BCUT2D eigenvalue weighted by atomic mass is 9.79. The van der Waals surface area contributed by atoms with Gasteiger partial charge < -0.3 is 4.90 Å². The van der Waals surface area contributed by atoms with E-state index in [2.05, 4.69) is 56.6 Å². The van der Waals surface area contributed by atoms with Crippen LogP contribution in [0, 0.1) is 12.7 Å². The average Bonchev–Trinajstić information content (AvgIpc) is 2.54. The second-order valence-corrected chi connectivity index (χ2v) is 7.66. The van der Waals surface area contributed by atoms with Crippen LogP contribution in [0.15, 0.2) is 41.4 Å². The number of anilines is 1. The third-order valence-corrected chi connectivity index (χ3v) is 5.27. The Balaban J connectivity index is 1.99. The Morgan fingerprint density at radius 1 is 1.24 bits per heavy atom. The van der Waals surface area contributed by atoms with Crippen LogP contribution in [0.4, 0.5) is 15.8 Å². The van der Waals surface area contributed by atoms with Gasteiger partial charge >= 0.3 is 0 Å². The van der Waals surface area contributed by atoms with Gasteiger partial charge in [0.1, 0.15) is 5.82 Å². The van der Waals surface area contributed by atoms with Crippen molar-refractivity contribution in [3.8, 4) is 0 Å². The number of aliphatic imine (C=N–C) groups is 1. The zero-order chi connectivity index (χ0) is 18.2. The summed E-state index contributed by atoms with van der Waals surface area (Å²) in [6.07, 6.45) is 3.04. The number of halogens is 1. The summed E-state index contributed by atoms with van der Waals surface area (Å²) in [5.41, 5.74) is 6.04. The van der Waals surface area contributed by atoms with Gasteiger partial charge in [-0.1, -0.05) is 6.92 Å². The van der Waals surface area contributed by atoms with Gasteiger partial charge in [-0.2, -0.15) is 0 Å². The van der Waals surface area contributed by atoms with Gasteiger partial charge in [0.15, 0.2) is 0 Å². The number of hydrogen-bond acceptors (Lipinski definition) is 2. The van der Waals surface area contributed by atoms with Gasteiger partial charge in [0, 0.05) is 24.0 Å². The Bertz CT molecular complexity index is 790. The number of benzene rings is 2. The highest BCUT2D eigenvalue weighted by Crippen LogP contribution is 2.44. The van der Waals surface area contributed by atoms with E-state index in [1.54, 1.807) is 12.1 Å². The van der Waals surface area contributed by atoms with Crippen molar-refractivity contribution in [1.29, 1.82) is 0 Å². The van der Waals surface area contributed by atoms with Gasteiger partial charge in [-0.3, -0.25) is 4.99 Å². The van der Waals surface area contributed by atoms with Crippen molar-refractivity contribution in [2.75, 3.05) is 11.4 Å². The molecule has 2 aromatic rings. The molecule has 0 aromatic heterocycles. The quantitative estimate of drug-likeness (QED) is 0.627. The predicted molar refractivity (Wildman–Crippen MR) is 105 cm³/mol. The molecule has 3 rings (SSSR count). The predicted octanol–water partition coefficient (Wildman–Crippen LogP) is 6.00. The highest BCUT2D eigenvalue weighted by molar-refractivity contribution is 5.86. The first kappa shape index (κ1) is 17.7. The molecule has 0 bridgehead atoms. The van der Waals surface area contributed by atoms with Crippen molar-refractivity contribution in [3.05, 3.63) is 58.9 Å². The van der Waals surface area contributed by atoms with E-state index in [1.165, 1.54) is 28.9 Å². The number of nitrogens with zero attached hydrogens (tertiary/aromatic N) is 2. The molecule has 2 nitrogen and oxygen atoms in total. The molecule has 0 unspecified atom stereocenters. The first-order valence-electron chi connectivity index (χ1n) is 9.03. The van der Waals surface area contributed by atoms with Crippen LogP contribution in [0.25, 0.3) is 0 Å². The molecule has 0 saturated carbocycles. The molecule has 0 amide bonds. The molecule has 25 heavy (non-hydrogen) atoms. The minimum absolute atomic E-state index is 0.178. The van der Waals surface area contributed by atoms with Crippen molar-refractivity contribution in [2.24, 2.45) is 4.99 Å². The molecular formula is C22H27FN2. The fraction of sp³-hybridized carbons (Fsp3) is 0.409. The van der Waals surface area contributed by atoms with Crippen LogP contribution >= 0.6 is 0 Å². The second-order valence-electron chi connectivity index (χ2n) is 7.66. The smallest absolute Gasteiger partial charge is 0.123 e. The van der Waals surface area contributed by atoms with Crippen molar-refractivity contribution >= 4 is 17.6 Å². The molecule has 0 aliphatic carbocycles. The summed E-state index contributed by atoms with van der Waals surface area (Å²) in [4.78, 5) is 7.03. The Morgan fingerprint density at radius 3 is 2.56 bits per heavy atom. The maximum Gasteiger partial charge on any atom is 0.123 e. The van der Waals surface area contributed by atoms with Crippen LogP contribution in [-0.2, 0) is 0 Å². The molecule has 1 atom stereocenters. The normalized spacial score (nSPS) is 19.3. The summed E-state index contributed by atoms with van der Waals surface area (Å²) in [5, 5.41) is 0. The second kappa shape index (κ2) is 6.62. The lowest BCUT2D eigenvalue weighted by Crippen LogP contribution is -2.48. The van der Waals surface area contributed by atoms with Gasteiger partial charge in [-0.05, 0) is 93.1 Å². The maximum atomic E-state index is 13.0. The van der Waals surface area contributed by atoms with E-state index in [-0.39, 0.29) is 11.4 Å². The van der Waals surface area contributed by atoms with Crippen LogP contribution < -0.4 is 4.90 Å². The molecule has 1 aliphatic heterocycles. The summed E-state index contributed by atoms with van der Waals surface area (Å²) >= 11 is 0. The lowest BCUT2D eigenvalue weighted by Gasteiger charge is -2.47. The molecule has 3 heteroatoms. The van der Waals surface area contributed by atoms with E-state index in [9.17, 15) is 4.39 Å². The maximum absolute atomic E-state index is 13.0. The molecule has 0 spiro atoms. The fourth-order valence-corrected chi connectivity index (χ4v) is 4.06. The topological polar surface area (TPSA) is 15.6 Å². The number of aryl methyl sites for hydroxylation is 1. The van der Waals surface area contributed by atoms with Crippen LogP contribution in [0.2, 0.25) is 0 Å². The molecule has 0 fully saturated rings. The van der Waals surface area contributed by atoms with E-state index in [0.717, 1.165) is 24.2 Å². The van der Waals surface area contributed by atoms with Gasteiger partial charge in [0.25, 0.3) is 0 Å². The third-order valence-electron chi connectivity index (χ3n) is 5.27. The van der Waals surface area contributed by atoms with E-state index in [1.807, 2.05) is 6.21 Å². The minimum Gasteiger partial charge on any atom is -0.366 e. The average molecular weight is 338 g/mol. The molecule has 132 valence electrons. The first-order chi connectivity index (χ1) is 11.8. The summed E-state index contributed by atoms with van der Waals surface area (Å²) in [7, 11) is 0. The molecule has 1 aliphatic rings. The summed E-state index contributed by atoms with van der Waals surface area (Å²) in [6.45, 7) is 12.3. The summed E-state index contributed by atoms with van der Waals surface area (Å²) in [6, 6.07) is 10.8. The number of hydrogen-bond donors (Lipinski definition) is 0. The van der Waals surface area contributed by atoms with E-state index in [0.29, 0.717) is 5.92 Å². The van der Waals surface area contributed by atoms with Gasteiger partial charge in [-0.15, -0.1) is 0 Å². The highest BCUT2D eigenvalue weighted by Gasteiger charge is 2.35. The summed E-state index contributed by atoms with van der Waals surface area (Å²) in [5.74, 6) is 0.284. The Kier molecular flexibility index (Phi) is 4.68. The van der Waals surface area contributed by atoms with E-state index < -0.39 is 0 Å². The Labute approximate surface area is 150 Å². The van der Waals surface area contributed by atoms with Gasteiger partial charge in [0.05, 0.1) is 5.69 Å². The first-order valence-corrected chi connectivity index (χ1v) is 9.03. The van der Waals surface area contributed by atoms with Crippen molar-refractivity contribution in [2.45, 2.75) is 52.5 Å². The molecule has 2 aromatic carbocycles. The van der Waals surface area contributed by atoms with Crippen LogP contribution in [0.1, 0.15) is 56.7 Å². The zero-order valence-corrected chi connectivity index (χ0v) is 15.8. The van der Waals surface area contributed by atoms with E-state index in [4.69, 9.17) is 0 Å². The number of rotatable bonds is 3. The largest absolute Gasteiger partial charge is 0.366 e. The van der Waals surface area contributed by atoms with Crippen LogP contribution in [-0.4, -0.2) is 18.3 Å². The molecule has 0 radical (unpaired) electrons. The third kappa shape index (κ3) is 3.46. The molecule has 1 heterocycles.